The summed E-state index contributed by atoms with van der Waals surface area (Å²) in [5, 5.41) is 27.4. The number of carbonyl (C=O) groups excluding carboxylic acids is 2. The van der Waals surface area contributed by atoms with Gasteiger partial charge in [0.25, 0.3) is 0 Å². The molecule has 2 amide bonds. The number of benzene rings is 2. The van der Waals surface area contributed by atoms with Crippen LogP contribution in [0.4, 0.5) is 17.5 Å². The zero-order chi connectivity index (χ0) is 32.5. The van der Waals surface area contributed by atoms with Crippen molar-refractivity contribution >= 4 is 52.4 Å². The van der Waals surface area contributed by atoms with Gasteiger partial charge < -0.3 is 16.8 Å². The monoisotopic (exact) mass is 728 g/mol. The van der Waals surface area contributed by atoms with Crippen LogP contribution in [0.2, 0.25) is 0 Å². The zero-order valence-electron chi connectivity index (χ0n) is 24.1. The van der Waals surface area contributed by atoms with E-state index in [2.05, 4.69) is 35.9 Å². The Hall–Kier alpha value is -5.13. The number of aromatic nitrogens is 4. The van der Waals surface area contributed by atoms with Crippen LogP contribution in [-0.4, -0.2) is 70.9 Å². The van der Waals surface area contributed by atoms with Crippen molar-refractivity contribution in [2.24, 2.45) is 0 Å². The van der Waals surface area contributed by atoms with Gasteiger partial charge in [0.2, 0.25) is 5.95 Å². The molecular formula is C29H31IN9O6-. The third kappa shape index (κ3) is 8.71. The Morgan fingerprint density at radius 3 is 2.40 bits per heavy atom. The second-order valence-electron chi connectivity index (χ2n) is 9.59. The molecule has 0 saturated heterocycles. The van der Waals surface area contributed by atoms with Gasteiger partial charge in [-0.25, -0.2) is 9.97 Å². The number of carboxylic acids is 2. The Bertz CT molecular complexity index is 1740. The fourth-order valence-electron chi connectivity index (χ4n) is 4.23. The summed E-state index contributed by atoms with van der Waals surface area (Å²) in [6.07, 6.45) is 1.81. The number of rotatable bonds is 14. The van der Waals surface area contributed by atoms with Gasteiger partial charge in [0.05, 0.1) is 18.4 Å². The van der Waals surface area contributed by atoms with Crippen molar-refractivity contribution in [2.75, 3.05) is 27.8 Å². The van der Waals surface area contributed by atoms with Crippen LogP contribution in [0, 0.1) is 3.57 Å². The summed E-state index contributed by atoms with van der Waals surface area (Å²) in [4.78, 5) is 65.4. The van der Waals surface area contributed by atoms with E-state index in [1.165, 1.54) is 12.3 Å². The molecule has 0 fully saturated rings. The summed E-state index contributed by atoms with van der Waals surface area (Å²) in [6.45, 7) is 2.41. The van der Waals surface area contributed by atoms with Crippen LogP contribution in [0.5, 0.6) is 0 Å². The van der Waals surface area contributed by atoms with Gasteiger partial charge in [0, 0.05) is 5.69 Å². The van der Waals surface area contributed by atoms with E-state index in [4.69, 9.17) is 11.5 Å². The quantitative estimate of drug-likeness (QED) is 0.0448. The number of nitrogens with two attached hydrogens (primary N) is 2. The number of anilines is 3. The number of amides is 2. The Labute approximate surface area is 267 Å². The molecule has 45 heavy (non-hydrogen) atoms. The molecule has 0 bridgehead atoms. The van der Waals surface area contributed by atoms with Crippen molar-refractivity contribution in [3.8, 4) is 0 Å². The summed E-state index contributed by atoms with van der Waals surface area (Å²) >= 11 is -0.326. The van der Waals surface area contributed by atoms with Gasteiger partial charge in [-0.15, -0.1) is 0 Å². The van der Waals surface area contributed by atoms with Crippen molar-refractivity contribution in [1.29, 1.82) is 0 Å². The van der Waals surface area contributed by atoms with Crippen molar-refractivity contribution in [2.45, 2.75) is 32.4 Å². The molecule has 0 aliphatic carbocycles. The average Bonchev–Trinajstić information content (AvgIpc) is 3.01. The third-order valence-corrected chi connectivity index (χ3v) is 8.74. The fraction of sp³-hybridized carbons (Fsp3) is 0.241. The molecule has 2 heterocycles. The van der Waals surface area contributed by atoms with Gasteiger partial charge in [-0.05, 0) is 24.3 Å². The second-order valence-corrected chi connectivity index (χ2v) is 13.1. The molecular weight excluding hydrogens is 697 g/mol. The molecule has 236 valence electrons. The number of nitrogens with zero attached hydrogens (tertiary/aromatic N) is 4. The van der Waals surface area contributed by atoms with Crippen LogP contribution in [0.25, 0.3) is 11.2 Å². The number of hydrogen-bond acceptors (Lipinski definition) is 11. The Morgan fingerprint density at radius 2 is 1.71 bits per heavy atom. The van der Waals surface area contributed by atoms with Crippen molar-refractivity contribution in [1.82, 2.24) is 30.6 Å². The van der Waals surface area contributed by atoms with E-state index in [9.17, 15) is 29.4 Å². The molecule has 16 heteroatoms. The van der Waals surface area contributed by atoms with Crippen LogP contribution in [0.3, 0.4) is 0 Å². The van der Waals surface area contributed by atoms with E-state index in [0.29, 0.717) is 23.4 Å². The first-order valence-electron chi connectivity index (χ1n) is 13.7. The number of nitrogens with one attached hydrogen (secondary N) is 3. The number of aromatic carboxylic acids is 1. The van der Waals surface area contributed by atoms with Crippen LogP contribution in [0.1, 0.15) is 56.5 Å². The SMILES string of the molecule is CC[I-]c1ccc(C(=O)O)c(C(=O)NCCC[C@H](NC(=O)c2ccc(NCc3cnc4nc(N)nc(N)c4n3)cc2)C(=O)O)c1. The van der Waals surface area contributed by atoms with Crippen LogP contribution in [0.15, 0.2) is 48.7 Å². The molecule has 0 unspecified atom stereocenters. The van der Waals surface area contributed by atoms with Gasteiger partial charge in [0.1, 0.15) is 0 Å². The topological polar surface area (TPSA) is 248 Å². The number of nitrogen functional groups attached to an aromatic ring is 2. The van der Waals surface area contributed by atoms with Crippen LogP contribution < -0.4 is 48.6 Å². The molecule has 2 aromatic heterocycles. The predicted molar refractivity (Wildman–Crippen MR) is 161 cm³/mol. The van der Waals surface area contributed by atoms with Gasteiger partial charge in [0.15, 0.2) is 17.0 Å². The van der Waals surface area contributed by atoms with E-state index in [1.807, 2.05) is 6.92 Å². The first kappa shape index (κ1) is 32.8. The third-order valence-electron chi connectivity index (χ3n) is 6.43. The summed E-state index contributed by atoms with van der Waals surface area (Å²) < 4.78 is 1.90. The molecule has 0 aliphatic heterocycles. The molecule has 1 atom stereocenters. The first-order valence-corrected chi connectivity index (χ1v) is 16.3. The van der Waals surface area contributed by atoms with E-state index >= 15 is 0 Å². The molecule has 4 aromatic rings. The maximum absolute atomic E-state index is 12.8. The Balaban J connectivity index is 1.28. The molecule has 15 nitrogen and oxygen atoms in total. The zero-order valence-corrected chi connectivity index (χ0v) is 26.2. The number of alkyl halides is 1. The minimum absolute atomic E-state index is 0.00509. The van der Waals surface area contributed by atoms with E-state index in [1.54, 1.807) is 36.4 Å². The minimum atomic E-state index is -1.22. The van der Waals surface area contributed by atoms with Crippen molar-refractivity contribution in [3.63, 3.8) is 0 Å². The molecule has 0 saturated carbocycles. The summed E-state index contributed by atoms with van der Waals surface area (Å²) in [6, 6.07) is 10.00. The molecule has 0 spiro atoms. The normalized spacial score (nSPS) is 11.6. The van der Waals surface area contributed by atoms with Crippen molar-refractivity contribution < 1.29 is 50.6 Å². The van der Waals surface area contributed by atoms with Gasteiger partial charge in [-0.2, -0.15) is 9.97 Å². The summed E-state index contributed by atoms with van der Waals surface area (Å²) in [5.41, 5.74) is 13.5. The van der Waals surface area contributed by atoms with Gasteiger partial charge >= 0.3 is 160 Å². The predicted octanol–water partition coefficient (Wildman–Crippen LogP) is -1.43. The van der Waals surface area contributed by atoms with E-state index in [-0.39, 0.29) is 74.7 Å². The molecule has 4 rings (SSSR count). The molecule has 9 N–H and O–H groups in total. The van der Waals surface area contributed by atoms with Crippen LogP contribution >= 0.6 is 0 Å². The summed E-state index contributed by atoms with van der Waals surface area (Å²) in [5.74, 6) is -3.42. The number of carbonyl (C=O) groups is 4. The number of carboxylic acid groups (broad SMARTS) is 2. The Morgan fingerprint density at radius 1 is 0.956 bits per heavy atom. The standard InChI is InChI=1S/C29H31IN9O6/c1-2-30-16-7-10-19(27(42)43)20(12-16)26(41)33-11-3-4-21(28(44)45)37-25(40)15-5-8-17(9-6-15)34-13-18-14-35-24-22(36-18)23(31)38-29(32)39-24/h5-10,12,14,21,34H,2-4,11,13H2,1H3,(H,33,41)(H,37,40)(H,42,43)(H,44,45)(H4,31,32,35,38,39)/q-1/t21-/m0/s1. The number of fused-ring (bicyclic) bond motifs is 1. The second kappa shape index (κ2) is 15.0. The number of halogens is 1. The fourth-order valence-corrected chi connectivity index (χ4v) is 6.08. The van der Waals surface area contributed by atoms with E-state index in [0.717, 1.165) is 8.00 Å². The average molecular weight is 729 g/mol. The Kier molecular flexibility index (Phi) is 11.0. The molecule has 0 radical (unpaired) electrons. The van der Waals surface area contributed by atoms with Crippen molar-refractivity contribution in [3.05, 3.63) is 74.6 Å². The van der Waals surface area contributed by atoms with Gasteiger partial charge in [-0.1, -0.05) is 0 Å². The van der Waals surface area contributed by atoms with Crippen LogP contribution in [-0.2, 0) is 11.3 Å². The molecule has 0 aliphatic rings. The molecule has 2 aromatic carbocycles. The number of aliphatic carboxylic acids is 1. The summed E-state index contributed by atoms with van der Waals surface area (Å²) in [7, 11) is 0. The van der Waals surface area contributed by atoms with Gasteiger partial charge in [-0.3, -0.25) is 0 Å². The van der Waals surface area contributed by atoms with E-state index < -0.39 is 29.8 Å². The maximum atomic E-state index is 12.8. The number of hydrogen-bond donors (Lipinski definition) is 7. The first-order chi connectivity index (χ1) is 21.5.